The van der Waals surface area contributed by atoms with Crippen LogP contribution in [0.3, 0.4) is 0 Å². The van der Waals surface area contributed by atoms with Crippen LogP contribution in [0.4, 0.5) is 4.39 Å². The highest BCUT2D eigenvalue weighted by atomic mass is 19.1. The molecule has 0 aliphatic heterocycles. The molecule has 2 heteroatoms. The summed E-state index contributed by atoms with van der Waals surface area (Å²) >= 11 is 0. The van der Waals surface area contributed by atoms with Crippen LogP contribution in [0.1, 0.15) is 52.5 Å². The fraction of sp³-hybridized carbons (Fsp3) is 0.647. The fourth-order valence-corrected chi connectivity index (χ4v) is 2.22. The molecule has 0 aliphatic rings. The fourth-order valence-electron chi connectivity index (χ4n) is 2.22. The minimum absolute atomic E-state index is 0.129. The van der Waals surface area contributed by atoms with Crippen molar-refractivity contribution in [3.63, 3.8) is 0 Å². The van der Waals surface area contributed by atoms with Crippen LogP contribution in [0, 0.1) is 11.7 Å². The smallest absolute Gasteiger partial charge is 0.123 e. The minimum Gasteiger partial charge on any atom is -0.312 e. The van der Waals surface area contributed by atoms with E-state index in [1.807, 2.05) is 6.07 Å². The summed E-state index contributed by atoms with van der Waals surface area (Å²) in [6, 6.07) is 7.01. The number of hydrogen-bond donors (Lipinski definition) is 1. The maximum atomic E-state index is 13.2. The van der Waals surface area contributed by atoms with Crippen LogP contribution in [0.5, 0.6) is 0 Å². The van der Waals surface area contributed by atoms with E-state index in [-0.39, 0.29) is 11.4 Å². The highest BCUT2D eigenvalue weighted by molar-refractivity contribution is 5.16. The first kappa shape index (κ1) is 16.2. The van der Waals surface area contributed by atoms with Crippen LogP contribution >= 0.6 is 0 Å². The molecule has 0 spiro atoms. The zero-order chi connectivity index (χ0) is 14.3. The molecule has 0 fully saturated rings. The second-order valence-electron chi connectivity index (χ2n) is 6.47. The van der Waals surface area contributed by atoms with Crippen molar-refractivity contribution in [2.24, 2.45) is 5.92 Å². The number of nitrogens with one attached hydrogen (secondary N) is 1. The Morgan fingerprint density at radius 1 is 1.26 bits per heavy atom. The monoisotopic (exact) mass is 265 g/mol. The lowest BCUT2D eigenvalue weighted by atomic mass is 9.93. The first-order chi connectivity index (χ1) is 8.90. The highest BCUT2D eigenvalue weighted by Crippen LogP contribution is 2.16. The van der Waals surface area contributed by atoms with Gasteiger partial charge >= 0.3 is 0 Å². The van der Waals surface area contributed by atoms with Gasteiger partial charge in [0, 0.05) is 5.54 Å². The van der Waals surface area contributed by atoms with Crippen LogP contribution in [-0.4, -0.2) is 12.1 Å². The third kappa shape index (κ3) is 7.31. The average Bonchev–Trinajstić information content (AvgIpc) is 2.31. The Balaban J connectivity index is 2.58. The predicted octanol–water partition coefficient (Wildman–Crippen LogP) is 4.56. The van der Waals surface area contributed by atoms with Crippen LogP contribution in [-0.2, 0) is 6.42 Å². The molecule has 1 unspecified atom stereocenters. The zero-order valence-corrected chi connectivity index (χ0v) is 12.8. The van der Waals surface area contributed by atoms with Gasteiger partial charge in [0.2, 0.25) is 0 Å². The molecule has 1 aromatic carbocycles. The molecule has 108 valence electrons. The van der Waals surface area contributed by atoms with E-state index in [0.717, 1.165) is 18.5 Å². The molecule has 0 aliphatic carbocycles. The molecule has 0 aromatic heterocycles. The van der Waals surface area contributed by atoms with Gasteiger partial charge in [-0.2, -0.15) is 0 Å². The molecule has 0 bridgehead atoms. The summed E-state index contributed by atoms with van der Waals surface area (Å²) in [6.07, 6.45) is 4.62. The third-order valence-electron chi connectivity index (χ3n) is 3.30. The van der Waals surface area contributed by atoms with Crippen molar-refractivity contribution in [2.45, 2.75) is 58.9 Å². The molecular weight excluding hydrogens is 237 g/mol. The molecule has 19 heavy (non-hydrogen) atoms. The second-order valence-corrected chi connectivity index (χ2v) is 6.47. The lowest BCUT2D eigenvalue weighted by Gasteiger charge is -2.25. The molecule has 1 aromatic rings. The minimum atomic E-state index is -0.129. The molecule has 0 radical (unpaired) electrons. The first-order valence-electron chi connectivity index (χ1n) is 7.40. The summed E-state index contributed by atoms with van der Waals surface area (Å²) in [7, 11) is 0. The number of halogens is 1. The number of rotatable bonds is 7. The Hall–Kier alpha value is -0.890. The standard InChI is InChI=1S/C17H28FN/c1-5-6-8-15(13-19-17(2,3)4)11-14-9-7-10-16(18)12-14/h7,9-10,12,15,19H,5-6,8,11,13H2,1-4H3. The molecule has 0 amide bonds. The van der Waals surface area contributed by atoms with Crippen LogP contribution in [0.25, 0.3) is 0 Å². The number of benzene rings is 1. The quantitative estimate of drug-likeness (QED) is 0.762. The Morgan fingerprint density at radius 2 is 2.00 bits per heavy atom. The van der Waals surface area contributed by atoms with E-state index in [1.54, 1.807) is 12.1 Å². The van der Waals surface area contributed by atoms with Gasteiger partial charge in [0.05, 0.1) is 0 Å². The Bertz CT molecular complexity index is 368. The SMILES string of the molecule is CCCCC(CNC(C)(C)C)Cc1cccc(F)c1. The topological polar surface area (TPSA) is 12.0 Å². The second kappa shape index (κ2) is 7.64. The predicted molar refractivity (Wildman–Crippen MR) is 80.9 cm³/mol. The van der Waals surface area contributed by atoms with Gasteiger partial charge in [0.25, 0.3) is 0 Å². The molecule has 1 atom stereocenters. The molecule has 1 rings (SSSR count). The van der Waals surface area contributed by atoms with E-state index in [0.29, 0.717) is 5.92 Å². The Morgan fingerprint density at radius 3 is 2.58 bits per heavy atom. The molecule has 0 heterocycles. The summed E-state index contributed by atoms with van der Waals surface area (Å²) in [6.45, 7) is 9.78. The lowest BCUT2D eigenvalue weighted by Crippen LogP contribution is -2.39. The largest absolute Gasteiger partial charge is 0.312 e. The normalized spacial score (nSPS) is 13.5. The van der Waals surface area contributed by atoms with Crippen LogP contribution in [0.15, 0.2) is 24.3 Å². The van der Waals surface area contributed by atoms with E-state index >= 15 is 0 Å². The molecule has 1 nitrogen and oxygen atoms in total. The van der Waals surface area contributed by atoms with E-state index < -0.39 is 0 Å². The van der Waals surface area contributed by atoms with Crippen molar-refractivity contribution in [2.75, 3.05) is 6.54 Å². The summed E-state index contributed by atoms with van der Waals surface area (Å²) in [5.41, 5.74) is 1.25. The molecule has 0 saturated carbocycles. The number of unbranched alkanes of at least 4 members (excludes halogenated alkanes) is 1. The Kier molecular flexibility index (Phi) is 6.50. The highest BCUT2D eigenvalue weighted by Gasteiger charge is 2.14. The summed E-state index contributed by atoms with van der Waals surface area (Å²) in [4.78, 5) is 0. The summed E-state index contributed by atoms with van der Waals surface area (Å²) in [5, 5.41) is 3.57. The van der Waals surface area contributed by atoms with Gasteiger partial charge in [-0.1, -0.05) is 31.9 Å². The van der Waals surface area contributed by atoms with Gasteiger partial charge in [-0.25, -0.2) is 4.39 Å². The first-order valence-corrected chi connectivity index (χ1v) is 7.40. The Labute approximate surface area is 117 Å². The van der Waals surface area contributed by atoms with Gasteiger partial charge in [-0.05, 0) is 63.8 Å². The van der Waals surface area contributed by atoms with Crippen molar-refractivity contribution in [3.8, 4) is 0 Å². The maximum absolute atomic E-state index is 13.2. The molecule has 0 saturated heterocycles. The molecular formula is C17H28FN. The maximum Gasteiger partial charge on any atom is 0.123 e. The summed E-state index contributed by atoms with van der Waals surface area (Å²) in [5.74, 6) is 0.455. The van der Waals surface area contributed by atoms with Crippen molar-refractivity contribution in [1.82, 2.24) is 5.32 Å². The van der Waals surface area contributed by atoms with Crippen molar-refractivity contribution in [1.29, 1.82) is 0 Å². The van der Waals surface area contributed by atoms with E-state index in [1.165, 1.54) is 25.3 Å². The van der Waals surface area contributed by atoms with Crippen molar-refractivity contribution >= 4 is 0 Å². The zero-order valence-electron chi connectivity index (χ0n) is 12.8. The van der Waals surface area contributed by atoms with Crippen LogP contribution in [0.2, 0.25) is 0 Å². The average molecular weight is 265 g/mol. The van der Waals surface area contributed by atoms with E-state index in [9.17, 15) is 4.39 Å². The van der Waals surface area contributed by atoms with Gasteiger partial charge in [0.1, 0.15) is 5.82 Å². The summed E-state index contributed by atoms with van der Waals surface area (Å²) < 4.78 is 13.2. The van der Waals surface area contributed by atoms with E-state index in [2.05, 4.69) is 33.0 Å². The third-order valence-corrected chi connectivity index (χ3v) is 3.30. The molecule has 1 N–H and O–H groups in total. The van der Waals surface area contributed by atoms with Crippen molar-refractivity contribution < 1.29 is 4.39 Å². The van der Waals surface area contributed by atoms with Crippen LogP contribution < -0.4 is 5.32 Å². The lowest BCUT2D eigenvalue weighted by molar-refractivity contribution is 0.351. The van der Waals surface area contributed by atoms with Crippen molar-refractivity contribution in [3.05, 3.63) is 35.6 Å². The van der Waals surface area contributed by atoms with Gasteiger partial charge in [-0.3, -0.25) is 0 Å². The number of hydrogen-bond acceptors (Lipinski definition) is 1. The van der Waals surface area contributed by atoms with E-state index in [4.69, 9.17) is 0 Å². The van der Waals surface area contributed by atoms with Gasteiger partial charge in [-0.15, -0.1) is 0 Å². The van der Waals surface area contributed by atoms with Gasteiger partial charge in [0.15, 0.2) is 0 Å². The van der Waals surface area contributed by atoms with Gasteiger partial charge < -0.3 is 5.32 Å².